The van der Waals surface area contributed by atoms with Crippen molar-refractivity contribution >= 4 is 21.0 Å². The summed E-state index contributed by atoms with van der Waals surface area (Å²) in [5, 5.41) is -0.924. The molecule has 0 fully saturated rings. The van der Waals surface area contributed by atoms with Gasteiger partial charge in [-0.15, -0.1) is 0 Å². The molecule has 0 aliphatic rings. The van der Waals surface area contributed by atoms with Gasteiger partial charge < -0.3 is 9.54 Å². The van der Waals surface area contributed by atoms with Gasteiger partial charge in [0.15, 0.2) is 0 Å². The van der Waals surface area contributed by atoms with E-state index >= 15 is 0 Å². The average molecular weight is 464 g/mol. The molecular formula is C25H39N2O4S-. The number of nitrogens with one attached hydrogen (secondary N) is 1. The fraction of sp³-hybridized carbons (Fsp3) is 0.680. The van der Waals surface area contributed by atoms with Crippen LogP contribution in [0.4, 0.5) is 0 Å². The summed E-state index contributed by atoms with van der Waals surface area (Å²) in [6.45, 7) is 2.24. The molecule has 180 valence electrons. The van der Waals surface area contributed by atoms with Crippen molar-refractivity contribution in [1.82, 2.24) is 9.97 Å². The van der Waals surface area contributed by atoms with Crippen LogP contribution in [-0.2, 0) is 10.1 Å². The number of fused-ring (bicyclic) bond motifs is 1. The van der Waals surface area contributed by atoms with E-state index in [2.05, 4.69) is 16.9 Å². The lowest BCUT2D eigenvalue weighted by molar-refractivity contribution is 0.437. The number of aromatic amines is 1. The Morgan fingerprint density at radius 3 is 1.88 bits per heavy atom. The number of nitrogens with zero attached hydrogens (tertiary/aromatic N) is 1. The molecule has 0 radical (unpaired) electrons. The highest BCUT2D eigenvalue weighted by atomic mass is 32.2. The summed E-state index contributed by atoms with van der Waals surface area (Å²) in [5.74, 6) is -0.0432. The van der Waals surface area contributed by atoms with Crippen LogP contribution in [0.1, 0.15) is 114 Å². The zero-order valence-corrected chi connectivity index (χ0v) is 20.3. The smallest absolute Gasteiger partial charge is 0.258 e. The van der Waals surface area contributed by atoms with E-state index in [9.17, 15) is 17.8 Å². The van der Waals surface area contributed by atoms with E-state index in [1.54, 1.807) is 24.3 Å². The van der Waals surface area contributed by atoms with Crippen LogP contribution in [0, 0.1) is 0 Å². The minimum absolute atomic E-state index is 0.0432. The quantitative estimate of drug-likeness (QED) is 0.216. The Hall–Kier alpha value is -1.73. The van der Waals surface area contributed by atoms with Gasteiger partial charge in [-0.05, 0) is 18.6 Å². The Morgan fingerprint density at radius 2 is 1.34 bits per heavy atom. The number of hydrogen-bond acceptors (Lipinski definition) is 5. The SMILES string of the molecule is CCCCCCCCCCCCCCCCC(c1nc2ccccc2c(=O)[nH]1)S(=O)(=O)[O-]. The van der Waals surface area contributed by atoms with Gasteiger partial charge in [-0.2, -0.15) is 0 Å². The molecule has 2 aromatic rings. The number of aromatic nitrogens is 2. The second-order valence-electron chi connectivity index (χ2n) is 8.83. The molecule has 0 aliphatic carbocycles. The van der Waals surface area contributed by atoms with Crippen LogP contribution in [-0.4, -0.2) is 22.9 Å². The molecular weight excluding hydrogens is 424 g/mol. The third-order valence-corrected chi connectivity index (χ3v) is 7.26. The van der Waals surface area contributed by atoms with Crippen LogP contribution < -0.4 is 5.56 Å². The van der Waals surface area contributed by atoms with E-state index in [-0.39, 0.29) is 12.2 Å². The van der Waals surface area contributed by atoms with Crippen LogP contribution in [0.25, 0.3) is 10.9 Å². The predicted octanol–water partition coefficient (Wildman–Crippen LogP) is 6.38. The number of para-hydroxylation sites is 1. The lowest BCUT2D eigenvalue weighted by atomic mass is 10.0. The second kappa shape index (κ2) is 14.4. The fourth-order valence-electron chi connectivity index (χ4n) is 4.20. The van der Waals surface area contributed by atoms with Gasteiger partial charge in [-0.25, -0.2) is 13.4 Å². The van der Waals surface area contributed by atoms with E-state index in [4.69, 9.17) is 0 Å². The van der Waals surface area contributed by atoms with Gasteiger partial charge in [0.1, 0.15) is 21.2 Å². The lowest BCUT2D eigenvalue weighted by Crippen LogP contribution is -2.20. The topological polar surface area (TPSA) is 103 Å². The van der Waals surface area contributed by atoms with Crippen molar-refractivity contribution in [2.45, 2.75) is 108 Å². The maximum atomic E-state index is 12.2. The van der Waals surface area contributed by atoms with E-state index in [0.717, 1.165) is 19.3 Å². The molecule has 1 atom stereocenters. The Bertz CT molecular complexity index is 956. The Balaban J connectivity index is 1.67. The molecule has 0 aliphatic heterocycles. The van der Waals surface area contributed by atoms with Crippen LogP contribution in [0.5, 0.6) is 0 Å². The van der Waals surface area contributed by atoms with E-state index in [1.165, 1.54) is 64.2 Å². The number of H-pyrrole nitrogens is 1. The second-order valence-corrected chi connectivity index (χ2v) is 10.4. The van der Waals surface area contributed by atoms with Crippen molar-refractivity contribution in [2.24, 2.45) is 0 Å². The average Bonchev–Trinajstić information content (AvgIpc) is 2.75. The highest BCUT2D eigenvalue weighted by Crippen LogP contribution is 2.25. The molecule has 6 nitrogen and oxygen atoms in total. The summed E-state index contributed by atoms with van der Waals surface area (Å²) in [6.07, 6.45) is 17.1. The largest absolute Gasteiger partial charge is 0.747 e. The van der Waals surface area contributed by atoms with Crippen LogP contribution in [0.15, 0.2) is 29.1 Å². The summed E-state index contributed by atoms with van der Waals surface area (Å²) in [5.41, 5.74) is -0.0129. The summed E-state index contributed by atoms with van der Waals surface area (Å²) >= 11 is 0. The number of benzene rings is 1. The maximum Gasteiger partial charge on any atom is 0.258 e. The van der Waals surface area contributed by atoms with Gasteiger partial charge >= 0.3 is 0 Å². The van der Waals surface area contributed by atoms with Gasteiger partial charge in [0, 0.05) is 0 Å². The lowest BCUT2D eigenvalue weighted by Gasteiger charge is -2.20. The minimum atomic E-state index is -4.60. The normalized spacial score (nSPS) is 12.9. The minimum Gasteiger partial charge on any atom is -0.747 e. The molecule has 1 aromatic heterocycles. The zero-order valence-electron chi connectivity index (χ0n) is 19.5. The van der Waals surface area contributed by atoms with Gasteiger partial charge in [0.2, 0.25) is 0 Å². The van der Waals surface area contributed by atoms with E-state index < -0.39 is 20.9 Å². The third-order valence-electron chi connectivity index (χ3n) is 6.10. The molecule has 0 bridgehead atoms. The maximum absolute atomic E-state index is 12.2. The Labute approximate surface area is 193 Å². The first-order valence-corrected chi connectivity index (χ1v) is 13.8. The zero-order chi connectivity index (χ0) is 23.2. The number of hydrogen-bond donors (Lipinski definition) is 1. The molecule has 7 heteroatoms. The number of rotatable bonds is 17. The molecule has 1 heterocycles. The Kier molecular flexibility index (Phi) is 12.0. The van der Waals surface area contributed by atoms with Crippen molar-refractivity contribution in [3.63, 3.8) is 0 Å². The summed E-state index contributed by atoms with van der Waals surface area (Å²) < 4.78 is 35.5. The summed E-state index contributed by atoms with van der Waals surface area (Å²) in [4.78, 5) is 19.0. The molecule has 1 unspecified atom stereocenters. The highest BCUT2D eigenvalue weighted by Gasteiger charge is 2.22. The molecule has 32 heavy (non-hydrogen) atoms. The fourth-order valence-corrected chi connectivity index (χ4v) is 5.04. The van der Waals surface area contributed by atoms with Gasteiger partial charge in [-0.1, -0.05) is 109 Å². The van der Waals surface area contributed by atoms with E-state index in [1.807, 2.05) is 0 Å². The summed E-state index contributed by atoms with van der Waals surface area (Å²) in [6, 6.07) is 6.72. The Morgan fingerprint density at radius 1 is 0.844 bits per heavy atom. The first kappa shape index (κ1) is 26.5. The standard InChI is InChI=1S/C25H40N2O4S/c1-2-3-4-5-6-7-8-9-10-11-12-13-14-15-20-23(32(29,30)31)24-26-22-19-17-16-18-21(22)25(28)27-24/h16-19,23H,2-15,20H2,1H3,(H,26,27,28)(H,29,30,31)/p-1. The molecule has 1 N–H and O–H groups in total. The van der Waals surface area contributed by atoms with Crippen molar-refractivity contribution in [1.29, 1.82) is 0 Å². The van der Waals surface area contributed by atoms with Gasteiger partial charge in [-0.3, -0.25) is 4.79 Å². The molecule has 1 aromatic carbocycles. The van der Waals surface area contributed by atoms with Crippen LogP contribution >= 0.6 is 0 Å². The van der Waals surface area contributed by atoms with Crippen molar-refractivity contribution in [3.05, 3.63) is 40.4 Å². The predicted molar refractivity (Wildman–Crippen MR) is 130 cm³/mol. The molecule has 0 spiro atoms. The van der Waals surface area contributed by atoms with E-state index in [0.29, 0.717) is 17.3 Å². The van der Waals surface area contributed by atoms with Crippen LogP contribution in [0.3, 0.4) is 0 Å². The molecule has 0 saturated heterocycles. The van der Waals surface area contributed by atoms with Crippen molar-refractivity contribution < 1.29 is 13.0 Å². The third kappa shape index (κ3) is 9.41. The highest BCUT2D eigenvalue weighted by molar-refractivity contribution is 7.85. The molecule has 2 rings (SSSR count). The summed E-state index contributed by atoms with van der Waals surface area (Å²) in [7, 11) is -4.60. The van der Waals surface area contributed by atoms with Gasteiger partial charge in [0.25, 0.3) is 5.56 Å². The van der Waals surface area contributed by atoms with Gasteiger partial charge in [0.05, 0.1) is 10.9 Å². The molecule has 0 saturated carbocycles. The number of unbranched alkanes of at least 4 members (excludes halogenated alkanes) is 13. The first-order chi connectivity index (χ1) is 15.4. The molecule has 0 amide bonds. The van der Waals surface area contributed by atoms with Crippen LogP contribution in [0.2, 0.25) is 0 Å². The monoisotopic (exact) mass is 463 g/mol. The van der Waals surface area contributed by atoms with Crippen molar-refractivity contribution in [3.8, 4) is 0 Å². The first-order valence-electron chi connectivity index (χ1n) is 12.4. The van der Waals surface area contributed by atoms with Crippen molar-refractivity contribution in [2.75, 3.05) is 0 Å².